The van der Waals surface area contributed by atoms with Crippen molar-refractivity contribution >= 4 is 63.4 Å². The maximum absolute atomic E-state index is 12.9. The SMILES string of the molecule is COc1cc(/C=N\Nc2ccc(C(F)(F)F)cc2[N+](=O)[O-])cc(I)c1OCc1ccc(Cl)cc1Cl. The predicted molar refractivity (Wildman–Crippen MR) is 136 cm³/mol. The Morgan fingerprint density at radius 3 is 2.54 bits per heavy atom. The molecule has 1 N–H and O–H groups in total. The van der Waals surface area contributed by atoms with Crippen LogP contribution in [0.2, 0.25) is 10.0 Å². The number of anilines is 1. The fourth-order valence-electron chi connectivity index (χ4n) is 2.87. The Hall–Kier alpha value is -2.77. The maximum atomic E-state index is 12.9. The van der Waals surface area contributed by atoms with Gasteiger partial charge in [0.15, 0.2) is 11.5 Å². The van der Waals surface area contributed by atoms with Gasteiger partial charge in [-0.25, -0.2) is 0 Å². The Kier molecular flexibility index (Phi) is 8.67. The Morgan fingerprint density at radius 1 is 1.17 bits per heavy atom. The molecule has 0 saturated carbocycles. The van der Waals surface area contributed by atoms with Crippen molar-refractivity contribution < 1.29 is 27.6 Å². The van der Waals surface area contributed by atoms with E-state index >= 15 is 0 Å². The Morgan fingerprint density at radius 2 is 1.91 bits per heavy atom. The molecule has 35 heavy (non-hydrogen) atoms. The lowest BCUT2D eigenvalue weighted by molar-refractivity contribution is -0.384. The van der Waals surface area contributed by atoms with E-state index in [1.54, 1.807) is 30.3 Å². The normalized spacial score (nSPS) is 11.5. The van der Waals surface area contributed by atoms with Crippen LogP contribution in [0, 0.1) is 13.7 Å². The van der Waals surface area contributed by atoms with Crippen LogP contribution in [-0.2, 0) is 12.8 Å². The van der Waals surface area contributed by atoms with Crippen molar-refractivity contribution in [2.45, 2.75) is 12.8 Å². The number of nitro groups is 1. The molecule has 0 unspecified atom stereocenters. The first-order valence-corrected chi connectivity index (χ1v) is 11.4. The average molecular weight is 640 g/mol. The molecule has 0 saturated heterocycles. The molecule has 3 rings (SSSR count). The van der Waals surface area contributed by atoms with Crippen molar-refractivity contribution in [2.75, 3.05) is 12.5 Å². The van der Waals surface area contributed by atoms with E-state index in [2.05, 4.69) is 10.5 Å². The predicted octanol–water partition coefficient (Wildman–Crippen LogP) is 7.56. The second kappa shape index (κ2) is 11.3. The molecule has 13 heteroatoms. The zero-order valence-corrected chi connectivity index (χ0v) is 21.4. The van der Waals surface area contributed by atoms with Gasteiger partial charge in [0.05, 0.1) is 27.4 Å². The molecule has 3 aromatic carbocycles. The molecule has 0 fully saturated rings. The lowest BCUT2D eigenvalue weighted by Crippen LogP contribution is -2.06. The first kappa shape index (κ1) is 26.8. The van der Waals surface area contributed by atoms with E-state index in [9.17, 15) is 23.3 Å². The number of hydrogen-bond donors (Lipinski definition) is 1. The van der Waals surface area contributed by atoms with Crippen molar-refractivity contribution in [3.05, 3.63) is 89.0 Å². The number of benzene rings is 3. The zero-order chi connectivity index (χ0) is 25.8. The molecule has 184 valence electrons. The summed E-state index contributed by atoms with van der Waals surface area (Å²) in [5, 5.41) is 16.1. The van der Waals surface area contributed by atoms with Gasteiger partial charge < -0.3 is 9.47 Å². The largest absolute Gasteiger partial charge is 0.493 e. The van der Waals surface area contributed by atoms with Crippen molar-refractivity contribution in [2.24, 2.45) is 5.10 Å². The summed E-state index contributed by atoms with van der Waals surface area (Å²) in [4.78, 5) is 10.3. The van der Waals surface area contributed by atoms with Gasteiger partial charge in [-0.05, 0) is 64.6 Å². The monoisotopic (exact) mass is 639 g/mol. The van der Waals surface area contributed by atoms with Crippen molar-refractivity contribution in [1.82, 2.24) is 0 Å². The summed E-state index contributed by atoms with van der Waals surface area (Å²) in [7, 11) is 1.46. The summed E-state index contributed by atoms with van der Waals surface area (Å²) in [6.07, 6.45) is -3.37. The minimum Gasteiger partial charge on any atom is -0.493 e. The van der Waals surface area contributed by atoms with Gasteiger partial charge >= 0.3 is 6.18 Å². The van der Waals surface area contributed by atoms with Crippen LogP contribution in [0.1, 0.15) is 16.7 Å². The number of rotatable bonds is 8. The van der Waals surface area contributed by atoms with Gasteiger partial charge in [0, 0.05) is 21.7 Å². The molecular formula is C22H15Cl2F3IN3O4. The number of hydrogen-bond acceptors (Lipinski definition) is 6. The highest BCUT2D eigenvalue weighted by molar-refractivity contribution is 14.1. The lowest BCUT2D eigenvalue weighted by Gasteiger charge is -2.14. The van der Waals surface area contributed by atoms with E-state index in [0.717, 1.165) is 17.7 Å². The highest BCUT2D eigenvalue weighted by atomic mass is 127. The third-order valence-corrected chi connectivity index (χ3v) is 5.95. The molecule has 0 spiro atoms. The Balaban J connectivity index is 1.78. The topological polar surface area (TPSA) is 86.0 Å². The average Bonchev–Trinajstić information content (AvgIpc) is 2.78. The number of ether oxygens (including phenoxy) is 2. The van der Waals surface area contributed by atoms with E-state index in [4.69, 9.17) is 32.7 Å². The number of methoxy groups -OCH3 is 1. The quantitative estimate of drug-likeness (QED) is 0.119. The van der Waals surface area contributed by atoms with Gasteiger partial charge in [0.25, 0.3) is 5.69 Å². The lowest BCUT2D eigenvalue weighted by atomic mass is 10.1. The summed E-state index contributed by atoms with van der Waals surface area (Å²) in [6.45, 7) is 0.162. The molecule has 0 aromatic heterocycles. The minimum atomic E-state index is -4.71. The van der Waals surface area contributed by atoms with E-state index in [1.807, 2.05) is 22.6 Å². The van der Waals surface area contributed by atoms with Gasteiger partial charge in [0.2, 0.25) is 0 Å². The third kappa shape index (κ3) is 6.89. The van der Waals surface area contributed by atoms with Gasteiger partial charge in [0.1, 0.15) is 12.3 Å². The van der Waals surface area contributed by atoms with Crippen molar-refractivity contribution in [3.8, 4) is 11.5 Å². The second-order valence-electron chi connectivity index (χ2n) is 6.92. The molecule has 0 bridgehead atoms. The molecule has 7 nitrogen and oxygen atoms in total. The van der Waals surface area contributed by atoms with Gasteiger partial charge in [-0.15, -0.1) is 0 Å². The Bertz CT molecular complexity index is 1290. The number of nitrogens with one attached hydrogen (secondary N) is 1. The van der Waals surface area contributed by atoms with E-state index in [-0.39, 0.29) is 12.3 Å². The standard InChI is InChI=1S/C22H15Cl2F3IN3O4/c1-34-20-7-12(6-17(28)21(20)35-11-13-2-4-15(23)9-16(13)24)10-29-30-18-5-3-14(22(25,26)27)8-19(18)31(32)33/h2-10,30H,11H2,1H3/b29-10-. The summed E-state index contributed by atoms with van der Waals surface area (Å²) < 4.78 is 50.5. The highest BCUT2D eigenvalue weighted by Gasteiger charge is 2.33. The van der Waals surface area contributed by atoms with Crippen LogP contribution in [-0.4, -0.2) is 18.2 Å². The number of alkyl halides is 3. The highest BCUT2D eigenvalue weighted by Crippen LogP contribution is 2.36. The summed E-state index contributed by atoms with van der Waals surface area (Å²) in [5.41, 5.74) is 1.60. The van der Waals surface area contributed by atoms with Crippen LogP contribution >= 0.6 is 45.8 Å². The fourth-order valence-corrected chi connectivity index (χ4v) is 4.12. The van der Waals surface area contributed by atoms with Gasteiger partial charge in [-0.1, -0.05) is 29.3 Å². The van der Waals surface area contributed by atoms with Crippen molar-refractivity contribution in [1.29, 1.82) is 0 Å². The minimum absolute atomic E-state index is 0.162. The second-order valence-corrected chi connectivity index (χ2v) is 8.92. The van der Waals surface area contributed by atoms with Crippen LogP contribution in [0.25, 0.3) is 0 Å². The molecule has 3 aromatic rings. The van der Waals surface area contributed by atoms with Crippen LogP contribution in [0.4, 0.5) is 24.5 Å². The van der Waals surface area contributed by atoms with Gasteiger partial charge in [-0.2, -0.15) is 18.3 Å². The fraction of sp³-hybridized carbons (Fsp3) is 0.136. The number of nitro benzene ring substituents is 1. The van der Waals surface area contributed by atoms with Crippen LogP contribution in [0.15, 0.2) is 53.6 Å². The third-order valence-electron chi connectivity index (χ3n) is 4.56. The molecule has 0 amide bonds. The smallest absolute Gasteiger partial charge is 0.416 e. The number of nitrogens with zero attached hydrogens (tertiary/aromatic N) is 2. The molecule has 0 radical (unpaired) electrons. The number of halogens is 6. The summed E-state index contributed by atoms with van der Waals surface area (Å²) >= 11 is 14.1. The summed E-state index contributed by atoms with van der Waals surface area (Å²) in [5.74, 6) is 0.853. The molecule has 0 aliphatic carbocycles. The molecule has 0 atom stereocenters. The molecule has 0 aliphatic rings. The maximum Gasteiger partial charge on any atom is 0.416 e. The van der Waals surface area contributed by atoms with Crippen LogP contribution < -0.4 is 14.9 Å². The Labute approximate surface area is 221 Å². The molecule has 0 aliphatic heterocycles. The molecular weight excluding hydrogens is 625 g/mol. The van der Waals surface area contributed by atoms with E-state index in [1.165, 1.54) is 13.3 Å². The molecule has 0 heterocycles. The summed E-state index contributed by atoms with van der Waals surface area (Å²) in [6, 6.07) is 10.5. The first-order chi connectivity index (χ1) is 16.5. The number of hydrazone groups is 1. The van der Waals surface area contributed by atoms with E-state index < -0.39 is 22.4 Å². The van der Waals surface area contributed by atoms with Crippen LogP contribution in [0.5, 0.6) is 11.5 Å². The van der Waals surface area contributed by atoms with Gasteiger partial charge in [-0.3, -0.25) is 15.5 Å². The first-order valence-electron chi connectivity index (χ1n) is 9.58. The van der Waals surface area contributed by atoms with Crippen LogP contribution in [0.3, 0.4) is 0 Å². The zero-order valence-electron chi connectivity index (χ0n) is 17.7. The van der Waals surface area contributed by atoms with E-state index in [0.29, 0.717) is 36.7 Å². The van der Waals surface area contributed by atoms with Crippen molar-refractivity contribution in [3.63, 3.8) is 0 Å².